The van der Waals surface area contributed by atoms with Crippen LogP contribution in [0.15, 0.2) is 18.2 Å². The van der Waals surface area contributed by atoms with Gasteiger partial charge >= 0.3 is 6.09 Å². The Morgan fingerprint density at radius 1 is 0.875 bits per heavy atom. The number of carbonyl (C=O) groups is 1. The molecule has 1 amide bonds. The second-order valence-corrected chi connectivity index (χ2v) is 7.72. The number of carbonyl (C=O) groups excluding carboxylic acids is 1. The molecule has 2 saturated carbocycles. The van der Waals surface area contributed by atoms with E-state index in [1.54, 1.807) is 5.56 Å². The number of hydrogen-bond donors (Lipinski definition) is 0. The van der Waals surface area contributed by atoms with Gasteiger partial charge in [0.2, 0.25) is 0 Å². The lowest BCUT2D eigenvalue weighted by Gasteiger charge is -2.32. The number of cyclic esters (lactones) is 1. The minimum atomic E-state index is -0.159. The molecule has 1 aromatic carbocycles. The van der Waals surface area contributed by atoms with E-state index in [-0.39, 0.29) is 6.09 Å². The highest BCUT2D eigenvalue weighted by molar-refractivity contribution is 5.90. The van der Waals surface area contributed by atoms with Crippen LogP contribution < -0.4 is 4.90 Å². The minimum Gasteiger partial charge on any atom is -0.447 e. The molecule has 0 N–H and O–H groups in total. The molecule has 3 fully saturated rings. The van der Waals surface area contributed by atoms with Crippen molar-refractivity contribution in [3.8, 4) is 0 Å². The molecular formula is C21H29NO2. The zero-order valence-corrected chi connectivity index (χ0v) is 14.6. The first kappa shape index (κ1) is 16.0. The second-order valence-electron chi connectivity index (χ2n) is 7.72. The summed E-state index contributed by atoms with van der Waals surface area (Å²) in [7, 11) is 0. The SMILES string of the molecule is O=C1OCCN1c1cccc(C2CCCCC2)c1C1CCCCC1. The molecule has 130 valence electrons. The van der Waals surface area contributed by atoms with Crippen molar-refractivity contribution in [3.05, 3.63) is 29.3 Å². The van der Waals surface area contributed by atoms with E-state index in [1.807, 2.05) is 4.90 Å². The van der Waals surface area contributed by atoms with Crippen molar-refractivity contribution in [2.75, 3.05) is 18.1 Å². The number of ether oxygens (including phenoxy) is 1. The predicted molar refractivity (Wildman–Crippen MR) is 96.8 cm³/mol. The van der Waals surface area contributed by atoms with Gasteiger partial charge in [-0.2, -0.15) is 0 Å². The number of benzene rings is 1. The summed E-state index contributed by atoms with van der Waals surface area (Å²) in [6, 6.07) is 6.67. The molecule has 0 radical (unpaired) electrons. The zero-order valence-electron chi connectivity index (χ0n) is 14.6. The Morgan fingerprint density at radius 2 is 1.54 bits per heavy atom. The molecule has 1 aliphatic heterocycles. The maximum Gasteiger partial charge on any atom is 0.414 e. The fourth-order valence-electron chi connectivity index (χ4n) is 5.02. The maximum absolute atomic E-state index is 12.2. The fraction of sp³-hybridized carbons (Fsp3) is 0.667. The number of hydrogen-bond acceptors (Lipinski definition) is 2. The van der Waals surface area contributed by atoms with Crippen molar-refractivity contribution in [2.45, 2.75) is 76.0 Å². The Labute approximate surface area is 145 Å². The van der Waals surface area contributed by atoms with E-state index in [0.29, 0.717) is 25.0 Å². The van der Waals surface area contributed by atoms with E-state index in [4.69, 9.17) is 4.74 Å². The summed E-state index contributed by atoms with van der Waals surface area (Å²) in [6.07, 6.45) is 13.1. The van der Waals surface area contributed by atoms with Gasteiger partial charge in [0.15, 0.2) is 0 Å². The van der Waals surface area contributed by atoms with Crippen LogP contribution in [-0.2, 0) is 4.74 Å². The van der Waals surface area contributed by atoms with Crippen LogP contribution in [0, 0.1) is 0 Å². The van der Waals surface area contributed by atoms with E-state index in [2.05, 4.69) is 18.2 Å². The summed E-state index contributed by atoms with van der Waals surface area (Å²) in [4.78, 5) is 14.1. The molecule has 3 aliphatic rings. The fourth-order valence-corrected chi connectivity index (χ4v) is 5.02. The van der Waals surface area contributed by atoms with E-state index < -0.39 is 0 Å². The summed E-state index contributed by atoms with van der Waals surface area (Å²) < 4.78 is 5.23. The van der Waals surface area contributed by atoms with Gasteiger partial charge in [0.05, 0.1) is 12.2 Å². The first-order valence-electron chi connectivity index (χ1n) is 9.91. The van der Waals surface area contributed by atoms with E-state index in [9.17, 15) is 4.79 Å². The molecule has 3 heteroatoms. The molecule has 0 spiro atoms. The van der Waals surface area contributed by atoms with Crippen molar-refractivity contribution in [1.82, 2.24) is 0 Å². The van der Waals surface area contributed by atoms with Gasteiger partial charge in [0, 0.05) is 0 Å². The molecular weight excluding hydrogens is 298 g/mol. The van der Waals surface area contributed by atoms with E-state index in [0.717, 1.165) is 5.69 Å². The van der Waals surface area contributed by atoms with Gasteiger partial charge < -0.3 is 4.74 Å². The molecule has 0 atom stereocenters. The molecule has 0 aromatic heterocycles. The predicted octanol–water partition coefficient (Wildman–Crippen LogP) is 5.74. The van der Waals surface area contributed by atoms with Crippen LogP contribution in [-0.4, -0.2) is 19.2 Å². The van der Waals surface area contributed by atoms with Crippen LogP contribution in [0.25, 0.3) is 0 Å². The normalized spacial score (nSPS) is 23.5. The first-order chi connectivity index (χ1) is 11.8. The summed E-state index contributed by atoms with van der Waals surface area (Å²) in [6.45, 7) is 1.23. The quantitative estimate of drug-likeness (QED) is 0.708. The molecule has 24 heavy (non-hydrogen) atoms. The van der Waals surface area contributed by atoms with Crippen LogP contribution in [0.5, 0.6) is 0 Å². The Balaban J connectivity index is 1.75. The molecule has 1 heterocycles. The van der Waals surface area contributed by atoms with E-state index >= 15 is 0 Å². The summed E-state index contributed by atoms with van der Waals surface area (Å²) in [5.41, 5.74) is 4.18. The van der Waals surface area contributed by atoms with Crippen LogP contribution in [0.3, 0.4) is 0 Å². The minimum absolute atomic E-state index is 0.159. The smallest absolute Gasteiger partial charge is 0.414 e. The Kier molecular flexibility index (Phi) is 4.77. The lowest BCUT2D eigenvalue weighted by molar-refractivity contribution is 0.181. The van der Waals surface area contributed by atoms with Crippen LogP contribution in [0.1, 0.15) is 87.2 Å². The third kappa shape index (κ3) is 3.05. The standard InChI is InChI=1S/C21H29NO2/c23-21-22(14-15-24-21)19-13-7-12-18(16-8-3-1-4-9-16)20(19)17-10-5-2-6-11-17/h7,12-13,16-17H,1-6,8-11,14-15H2. The number of nitrogens with zero attached hydrogens (tertiary/aromatic N) is 1. The molecule has 1 saturated heterocycles. The monoisotopic (exact) mass is 327 g/mol. The van der Waals surface area contributed by atoms with Crippen LogP contribution >= 0.6 is 0 Å². The molecule has 0 bridgehead atoms. The van der Waals surface area contributed by atoms with Gasteiger partial charge in [-0.3, -0.25) is 4.90 Å². The lowest BCUT2D eigenvalue weighted by atomic mass is 9.75. The van der Waals surface area contributed by atoms with Gasteiger partial charge in [-0.25, -0.2) is 4.79 Å². The average molecular weight is 327 g/mol. The zero-order chi connectivity index (χ0) is 16.4. The topological polar surface area (TPSA) is 29.5 Å². The number of rotatable bonds is 3. The third-order valence-corrected chi connectivity index (χ3v) is 6.23. The first-order valence-corrected chi connectivity index (χ1v) is 9.91. The van der Waals surface area contributed by atoms with Gasteiger partial charge in [-0.15, -0.1) is 0 Å². The largest absolute Gasteiger partial charge is 0.447 e. The molecule has 4 rings (SSSR count). The van der Waals surface area contributed by atoms with Gasteiger partial charge in [0.1, 0.15) is 6.61 Å². The van der Waals surface area contributed by atoms with Crippen LogP contribution in [0.4, 0.5) is 10.5 Å². The van der Waals surface area contributed by atoms with Crippen LogP contribution in [0.2, 0.25) is 0 Å². The lowest BCUT2D eigenvalue weighted by Crippen LogP contribution is -2.26. The molecule has 2 aliphatic carbocycles. The maximum atomic E-state index is 12.2. The Morgan fingerprint density at radius 3 is 2.17 bits per heavy atom. The Hall–Kier alpha value is -1.51. The Bertz CT molecular complexity index is 586. The molecule has 0 unspecified atom stereocenters. The summed E-state index contributed by atoms with van der Waals surface area (Å²) in [5, 5.41) is 0. The molecule has 1 aromatic rings. The average Bonchev–Trinajstić information content (AvgIpc) is 3.08. The second kappa shape index (κ2) is 7.16. The highest BCUT2D eigenvalue weighted by Gasteiger charge is 2.31. The van der Waals surface area contributed by atoms with Gasteiger partial charge in [-0.1, -0.05) is 50.7 Å². The number of amides is 1. The summed E-state index contributed by atoms with van der Waals surface area (Å²) in [5.74, 6) is 1.31. The highest BCUT2D eigenvalue weighted by atomic mass is 16.6. The van der Waals surface area contributed by atoms with Crippen molar-refractivity contribution in [1.29, 1.82) is 0 Å². The van der Waals surface area contributed by atoms with Gasteiger partial charge in [-0.05, 0) is 54.7 Å². The van der Waals surface area contributed by atoms with Crippen molar-refractivity contribution < 1.29 is 9.53 Å². The number of anilines is 1. The highest BCUT2D eigenvalue weighted by Crippen LogP contribution is 2.45. The van der Waals surface area contributed by atoms with E-state index in [1.165, 1.54) is 69.8 Å². The van der Waals surface area contributed by atoms with Crippen molar-refractivity contribution in [2.24, 2.45) is 0 Å². The van der Waals surface area contributed by atoms with Crippen molar-refractivity contribution >= 4 is 11.8 Å². The third-order valence-electron chi connectivity index (χ3n) is 6.23. The van der Waals surface area contributed by atoms with Crippen molar-refractivity contribution in [3.63, 3.8) is 0 Å². The summed E-state index contributed by atoms with van der Waals surface area (Å²) >= 11 is 0. The molecule has 3 nitrogen and oxygen atoms in total. The van der Waals surface area contributed by atoms with Gasteiger partial charge in [0.25, 0.3) is 0 Å².